The summed E-state index contributed by atoms with van der Waals surface area (Å²) < 4.78 is 6.68. The zero-order valence-electron chi connectivity index (χ0n) is 33.6. The summed E-state index contributed by atoms with van der Waals surface area (Å²) in [5, 5.41) is 2.39. The second kappa shape index (κ2) is 10.4. The predicted molar refractivity (Wildman–Crippen MR) is 227 cm³/mol. The van der Waals surface area contributed by atoms with Crippen LogP contribution in [0, 0.1) is 20.8 Å². The molecule has 1 aliphatic carbocycles. The van der Waals surface area contributed by atoms with Crippen LogP contribution < -0.4 is 26.2 Å². The van der Waals surface area contributed by atoms with Gasteiger partial charge in [0.2, 0.25) is 0 Å². The van der Waals surface area contributed by atoms with Crippen molar-refractivity contribution in [2.75, 3.05) is 9.80 Å². The van der Waals surface area contributed by atoms with Crippen molar-refractivity contribution in [1.82, 2.24) is 0 Å². The van der Waals surface area contributed by atoms with Crippen molar-refractivity contribution >= 4 is 73.5 Å². The first-order valence-electron chi connectivity index (χ1n) is 20.0. The first-order chi connectivity index (χ1) is 25.0. The van der Waals surface area contributed by atoms with Gasteiger partial charge in [-0.2, -0.15) is 0 Å². The largest absolute Gasteiger partial charge is 0.456 e. The molecule has 0 saturated heterocycles. The van der Waals surface area contributed by atoms with Crippen LogP contribution in [0.1, 0.15) is 114 Å². The van der Waals surface area contributed by atoms with Gasteiger partial charge in [-0.3, -0.25) is 0 Å². The molecule has 4 heterocycles. The Bertz CT molecular complexity index is 2560. The Kier molecular flexibility index (Phi) is 6.51. The van der Waals surface area contributed by atoms with Crippen molar-refractivity contribution in [2.45, 2.75) is 124 Å². The van der Waals surface area contributed by atoms with Crippen molar-refractivity contribution in [1.29, 1.82) is 0 Å². The van der Waals surface area contributed by atoms with Crippen molar-refractivity contribution in [3.63, 3.8) is 0 Å². The molecule has 3 nitrogen and oxygen atoms in total. The van der Waals surface area contributed by atoms with Gasteiger partial charge >= 0.3 is 0 Å². The maximum absolute atomic E-state index is 6.68. The van der Waals surface area contributed by atoms with Gasteiger partial charge < -0.3 is 14.2 Å². The quantitative estimate of drug-likeness (QED) is 0.159. The molecule has 0 N–H and O–H groups in total. The molecule has 268 valence electrons. The lowest BCUT2D eigenvalue weighted by Crippen LogP contribution is -2.64. The average molecular weight is 697 g/mol. The standard InChI is InChI=1S/C49H53BN2O/c1-28-22-37-42-38(23-28)52-44-34(48(10)20-14-15-21-49(48,52)11)26-32(47(7,8)9)27-36(44)50(42)35-18-19-40-41(33-16-12-13-17-39(33)53-40)45(35)51(37)43-29(2)24-31(25-30(43)3)46(4,5)6/h12-13,16-19,22-27H,14-15,20-21H2,1-11H3. The number of para-hydroxylation sites is 1. The molecule has 0 radical (unpaired) electrons. The van der Waals surface area contributed by atoms with Crippen LogP contribution in [0.5, 0.6) is 0 Å². The summed E-state index contributed by atoms with van der Waals surface area (Å²) in [5.74, 6) is 0. The number of hydrogen-bond acceptors (Lipinski definition) is 3. The number of aryl methyl sites for hydroxylation is 3. The van der Waals surface area contributed by atoms with Crippen LogP contribution in [0.3, 0.4) is 0 Å². The van der Waals surface area contributed by atoms with E-state index < -0.39 is 0 Å². The molecule has 53 heavy (non-hydrogen) atoms. The molecule has 2 atom stereocenters. The average Bonchev–Trinajstić information content (AvgIpc) is 3.57. The van der Waals surface area contributed by atoms with Crippen molar-refractivity contribution in [3.05, 3.63) is 106 Å². The maximum Gasteiger partial charge on any atom is 0.252 e. The molecule has 3 aliphatic heterocycles. The van der Waals surface area contributed by atoms with Gasteiger partial charge in [0, 0.05) is 27.9 Å². The van der Waals surface area contributed by atoms with Gasteiger partial charge in [0.15, 0.2) is 0 Å². The number of benzene rings is 5. The van der Waals surface area contributed by atoms with Crippen molar-refractivity contribution in [2.24, 2.45) is 0 Å². The smallest absolute Gasteiger partial charge is 0.252 e. The Morgan fingerprint density at radius 2 is 1.32 bits per heavy atom. The summed E-state index contributed by atoms with van der Waals surface area (Å²) in [6, 6.07) is 28.4. The Balaban J connectivity index is 1.39. The van der Waals surface area contributed by atoms with Crippen LogP contribution >= 0.6 is 0 Å². The van der Waals surface area contributed by atoms with Crippen LogP contribution in [0.4, 0.5) is 28.4 Å². The fraction of sp³-hybridized carbons (Fsp3) is 0.388. The molecule has 0 spiro atoms. The number of nitrogens with zero attached hydrogens (tertiary/aromatic N) is 2. The summed E-state index contributed by atoms with van der Waals surface area (Å²) in [6.07, 6.45) is 4.98. The van der Waals surface area contributed by atoms with Gasteiger partial charge in [-0.05, 0) is 125 Å². The van der Waals surface area contributed by atoms with E-state index in [2.05, 4.69) is 159 Å². The third-order valence-electron chi connectivity index (χ3n) is 14.1. The molecule has 5 aromatic carbocycles. The third kappa shape index (κ3) is 4.19. The monoisotopic (exact) mass is 696 g/mol. The van der Waals surface area contributed by atoms with Crippen LogP contribution in [0.15, 0.2) is 77.2 Å². The Morgan fingerprint density at radius 1 is 0.660 bits per heavy atom. The van der Waals surface area contributed by atoms with Gasteiger partial charge in [-0.25, -0.2) is 0 Å². The van der Waals surface area contributed by atoms with Crippen LogP contribution in [-0.4, -0.2) is 12.3 Å². The lowest BCUT2D eigenvalue weighted by atomic mass is 9.33. The van der Waals surface area contributed by atoms with E-state index in [1.807, 2.05) is 0 Å². The molecular formula is C49H53BN2O. The fourth-order valence-electron chi connectivity index (χ4n) is 11.2. The zero-order chi connectivity index (χ0) is 37.1. The highest BCUT2D eigenvalue weighted by molar-refractivity contribution is 7.00. The van der Waals surface area contributed by atoms with E-state index >= 15 is 0 Å². The highest BCUT2D eigenvalue weighted by Gasteiger charge is 2.61. The molecule has 0 amide bonds. The number of anilines is 5. The van der Waals surface area contributed by atoms with Crippen LogP contribution in [-0.2, 0) is 16.2 Å². The third-order valence-corrected chi connectivity index (χ3v) is 14.1. The molecular weight excluding hydrogens is 643 g/mol. The molecule has 6 aromatic rings. The lowest BCUT2D eigenvalue weighted by Gasteiger charge is -2.53. The summed E-state index contributed by atoms with van der Waals surface area (Å²) >= 11 is 0. The van der Waals surface area contributed by atoms with Gasteiger partial charge in [-0.15, -0.1) is 0 Å². The number of rotatable bonds is 1. The Labute approximate surface area is 316 Å². The fourth-order valence-corrected chi connectivity index (χ4v) is 11.2. The van der Waals surface area contributed by atoms with E-state index in [4.69, 9.17) is 4.42 Å². The molecule has 4 heteroatoms. The highest BCUT2D eigenvalue weighted by atomic mass is 16.3. The molecule has 1 aromatic heterocycles. The van der Waals surface area contributed by atoms with Gasteiger partial charge in [0.25, 0.3) is 6.71 Å². The molecule has 0 bridgehead atoms. The van der Waals surface area contributed by atoms with Crippen molar-refractivity contribution in [3.8, 4) is 0 Å². The minimum atomic E-state index is -0.0125. The maximum atomic E-state index is 6.68. The molecule has 2 unspecified atom stereocenters. The van der Waals surface area contributed by atoms with E-state index in [0.717, 1.165) is 11.2 Å². The van der Waals surface area contributed by atoms with Crippen LogP contribution in [0.2, 0.25) is 0 Å². The second-order valence-electron chi connectivity index (χ2n) is 19.5. The first-order valence-corrected chi connectivity index (χ1v) is 20.0. The van der Waals surface area contributed by atoms with E-state index in [1.54, 1.807) is 5.56 Å². The van der Waals surface area contributed by atoms with Gasteiger partial charge in [-0.1, -0.05) is 110 Å². The van der Waals surface area contributed by atoms with E-state index in [9.17, 15) is 0 Å². The van der Waals surface area contributed by atoms with E-state index in [1.165, 1.54) is 109 Å². The molecule has 10 rings (SSSR count). The normalized spacial score (nSPS) is 21.6. The number of hydrogen-bond donors (Lipinski definition) is 0. The topological polar surface area (TPSA) is 19.6 Å². The lowest BCUT2D eigenvalue weighted by molar-refractivity contribution is 0.195. The first kappa shape index (κ1) is 33.2. The van der Waals surface area contributed by atoms with Gasteiger partial charge in [0.05, 0.1) is 22.3 Å². The van der Waals surface area contributed by atoms with E-state index in [-0.39, 0.29) is 28.5 Å². The Hall–Kier alpha value is -4.44. The number of furan rings is 1. The van der Waals surface area contributed by atoms with Gasteiger partial charge in [0.1, 0.15) is 11.2 Å². The molecule has 4 aliphatic rings. The predicted octanol–water partition coefficient (Wildman–Crippen LogP) is 11.5. The summed E-state index contributed by atoms with van der Waals surface area (Å²) in [6.45, 7) is 26.4. The SMILES string of the molecule is Cc1cc2c3c(c1)N1c4c(cc(C(C)(C)C)cc4C4(C)CCCCC14C)B3c1ccc3oc4ccccc4c3c1N2c1c(C)cc(C(C)(C)C)cc1C. The van der Waals surface area contributed by atoms with Crippen LogP contribution in [0.25, 0.3) is 21.9 Å². The molecule has 1 fully saturated rings. The number of fused-ring (bicyclic) bond motifs is 11. The zero-order valence-corrected chi connectivity index (χ0v) is 33.6. The Morgan fingerprint density at radius 3 is 2.04 bits per heavy atom. The minimum absolute atomic E-state index is 0.0125. The summed E-state index contributed by atoms with van der Waals surface area (Å²) in [5.41, 5.74) is 21.4. The molecule has 1 saturated carbocycles. The minimum Gasteiger partial charge on any atom is -0.456 e. The highest BCUT2D eigenvalue weighted by Crippen LogP contribution is 2.62. The summed E-state index contributed by atoms with van der Waals surface area (Å²) in [7, 11) is 0. The van der Waals surface area contributed by atoms with E-state index in [0.29, 0.717) is 0 Å². The van der Waals surface area contributed by atoms with Crippen molar-refractivity contribution < 1.29 is 4.42 Å². The second-order valence-corrected chi connectivity index (χ2v) is 19.5. The summed E-state index contributed by atoms with van der Waals surface area (Å²) in [4.78, 5) is 5.53.